The number of hydrogen-bond donors (Lipinski definition) is 1. The monoisotopic (exact) mass is 416 g/mol. The SMILES string of the molecule is CCc1ccc(C(=O)Nc2cccc(C(C)C)c2)cc1S(=O)(=O)N1CCOCC1. The fourth-order valence-electron chi connectivity index (χ4n) is 3.33. The Balaban J connectivity index is 1.90. The van der Waals surface area contributed by atoms with Crippen LogP contribution in [0.1, 0.15) is 48.2 Å². The molecule has 7 heteroatoms. The van der Waals surface area contributed by atoms with Crippen molar-refractivity contribution in [3.63, 3.8) is 0 Å². The molecule has 0 aliphatic carbocycles. The van der Waals surface area contributed by atoms with E-state index in [-0.39, 0.29) is 10.8 Å². The second kappa shape index (κ2) is 9.07. The molecule has 29 heavy (non-hydrogen) atoms. The van der Waals surface area contributed by atoms with E-state index in [1.165, 1.54) is 10.4 Å². The molecular weight excluding hydrogens is 388 g/mol. The van der Waals surface area contributed by atoms with Crippen molar-refractivity contribution in [3.8, 4) is 0 Å². The van der Waals surface area contributed by atoms with Gasteiger partial charge in [-0.3, -0.25) is 4.79 Å². The Morgan fingerprint density at radius 2 is 1.86 bits per heavy atom. The standard InChI is InChI=1S/C22H28N2O4S/c1-4-17-8-9-19(15-21(17)29(26,27)24-10-12-28-13-11-24)22(25)23-20-7-5-6-18(14-20)16(2)3/h5-9,14-16H,4,10-13H2,1-3H3,(H,23,25). The molecule has 0 aromatic heterocycles. The maximum Gasteiger partial charge on any atom is 0.255 e. The first-order chi connectivity index (χ1) is 13.8. The van der Waals surface area contributed by atoms with Crippen LogP contribution in [0.15, 0.2) is 47.4 Å². The van der Waals surface area contributed by atoms with Crippen molar-refractivity contribution in [2.45, 2.75) is 38.0 Å². The van der Waals surface area contributed by atoms with Crippen molar-refractivity contribution < 1.29 is 17.9 Å². The van der Waals surface area contributed by atoms with E-state index >= 15 is 0 Å². The van der Waals surface area contributed by atoms with Crippen LogP contribution in [0.3, 0.4) is 0 Å². The van der Waals surface area contributed by atoms with Gasteiger partial charge in [0.1, 0.15) is 0 Å². The van der Waals surface area contributed by atoms with E-state index < -0.39 is 10.0 Å². The number of rotatable bonds is 6. The van der Waals surface area contributed by atoms with E-state index in [2.05, 4.69) is 19.2 Å². The van der Waals surface area contributed by atoms with Crippen LogP contribution in [0.5, 0.6) is 0 Å². The number of ether oxygens (including phenoxy) is 1. The topological polar surface area (TPSA) is 75.7 Å². The van der Waals surface area contributed by atoms with E-state index in [1.807, 2.05) is 31.2 Å². The van der Waals surface area contributed by atoms with Crippen LogP contribution in [0.4, 0.5) is 5.69 Å². The normalized spacial score (nSPS) is 15.4. The van der Waals surface area contributed by atoms with Crippen LogP contribution >= 0.6 is 0 Å². The summed E-state index contributed by atoms with van der Waals surface area (Å²) in [5.41, 5.74) is 2.84. The number of carbonyl (C=O) groups excluding carboxylic acids is 1. The molecule has 1 aliphatic rings. The molecule has 2 aromatic carbocycles. The van der Waals surface area contributed by atoms with E-state index in [1.54, 1.807) is 12.1 Å². The van der Waals surface area contributed by atoms with Crippen molar-refractivity contribution in [2.24, 2.45) is 0 Å². The third-order valence-electron chi connectivity index (χ3n) is 5.11. The Bertz CT molecular complexity index is 980. The van der Waals surface area contributed by atoms with Crippen LogP contribution < -0.4 is 5.32 Å². The van der Waals surface area contributed by atoms with Crippen LogP contribution in [-0.4, -0.2) is 44.9 Å². The van der Waals surface area contributed by atoms with Gasteiger partial charge in [-0.1, -0.05) is 39.0 Å². The number of anilines is 1. The predicted molar refractivity (Wildman–Crippen MR) is 114 cm³/mol. The first-order valence-electron chi connectivity index (χ1n) is 9.95. The Morgan fingerprint density at radius 3 is 2.52 bits per heavy atom. The summed E-state index contributed by atoms with van der Waals surface area (Å²) in [4.78, 5) is 13.0. The molecule has 0 atom stereocenters. The lowest BCUT2D eigenvalue weighted by Crippen LogP contribution is -2.41. The molecule has 1 aliphatic heterocycles. The summed E-state index contributed by atoms with van der Waals surface area (Å²) in [6, 6.07) is 12.6. The first kappa shape index (κ1) is 21.5. The number of sulfonamides is 1. The number of aryl methyl sites for hydroxylation is 1. The van der Waals surface area contributed by atoms with Gasteiger partial charge < -0.3 is 10.1 Å². The van der Waals surface area contributed by atoms with Crippen molar-refractivity contribution in [2.75, 3.05) is 31.6 Å². The fraction of sp³-hybridized carbons (Fsp3) is 0.409. The summed E-state index contributed by atoms with van der Waals surface area (Å²) in [5.74, 6) is 0.0212. The van der Waals surface area contributed by atoms with Crippen LogP contribution in [-0.2, 0) is 21.2 Å². The van der Waals surface area contributed by atoms with Gasteiger partial charge in [-0.05, 0) is 47.7 Å². The largest absolute Gasteiger partial charge is 0.379 e. The van der Waals surface area contributed by atoms with E-state index in [4.69, 9.17) is 4.74 Å². The highest BCUT2D eigenvalue weighted by atomic mass is 32.2. The molecule has 0 bridgehead atoms. The van der Waals surface area contributed by atoms with Gasteiger partial charge in [0, 0.05) is 24.3 Å². The molecule has 1 fully saturated rings. The van der Waals surface area contributed by atoms with Crippen molar-refractivity contribution in [3.05, 3.63) is 59.2 Å². The number of nitrogens with zero attached hydrogens (tertiary/aromatic N) is 1. The number of carbonyl (C=O) groups is 1. The van der Waals surface area contributed by atoms with Gasteiger partial charge in [-0.15, -0.1) is 0 Å². The van der Waals surface area contributed by atoms with E-state index in [0.29, 0.717) is 55.5 Å². The number of nitrogens with one attached hydrogen (secondary N) is 1. The number of hydrogen-bond acceptors (Lipinski definition) is 4. The van der Waals surface area contributed by atoms with Crippen molar-refractivity contribution in [1.82, 2.24) is 4.31 Å². The quantitative estimate of drug-likeness (QED) is 0.780. The molecular formula is C22H28N2O4S. The first-order valence-corrected chi connectivity index (χ1v) is 11.4. The number of amides is 1. The molecule has 2 aromatic rings. The molecule has 0 unspecified atom stereocenters. The molecule has 3 rings (SSSR count). The van der Waals surface area contributed by atoms with Crippen LogP contribution in [0, 0.1) is 0 Å². The minimum atomic E-state index is -3.68. The zero-order valence-corrected chi connectivity index (χ0v) is 18.0. The Morgan fingerprint density at radius 1 is 1.14 bits per heavy atom. The third-order valence-corrected chi connectivity index (χ3v) is 7.09. The lowest BCUT2D eigenvalue weighted by Gasteiger charge is -2.27. The van der Waals surface area contributed by atoms with Gasteiger partial charge in [-0.2, -0.15) is 4.31 Å². The Hall–Kier alpha value is -2.22. The van der Waals surface area contributed by atoms with Crippen LogP contribution in [0.25, 0.3) is 0 Å². The zero-order chi connectivity index (χ0) is 21.0. The lowest BCUT2D eigenvalue weighted by atomic mass is 10.0. The highest BCUT2D eigenvalue weighted by molar-refractivity contribution is 7.89. The highest BCUT2D eigenvalue weighted by Crippen LogP contribution is 2.24. The second-order valence-corrected chi connectivity index (χ2v) is 9.33. The molecule has 0 saturated carbocycles. The molecule has 1 heterocycles. The predicted octanol–water partition coefficient (Wildman–Crippen LogP) is 3.65. The zero-order valence-electron chi connectivity index (χ0n) is 17.1. The van der Waals surface area contributed by atoms with Gasteiger partial charge in [0.05, 0.1) is 18.1 Å². The highest BCUT2D eigenvalue weighted by Gasteiger charge is 2.29. The lowest BCUT2D eigenvalue weighted by molar-refractivity contribution is 0.0730. The van der Waals surface area contributed by atoms with Gasteiger partial charge in [0.2, 0.25) is 10.0 Å². The number of benzene rings is 2. The molecule has 1 N–H and O–H groups in total. The maximum atomic E-state index is 13.2. The molecule has 1 amide bonds. The van der Waals surface area contributed by atoms with Gasteiger partial charge in [0.15, 0.2) is 0 Å². The third kappa shape index (κ3) is 4.86. The Labute approximate surface area is 172 Å². The summed E-state index contributed by atoms with van der Waals surface area (Å²) >= 11 is 0. The van der Waals surface area contributed by atoms with E-state index in [0.717, 1.165) is 5.56 Å². The van der Waals surface area contributed by atoms with Crippen LogP contribution in [0.2, 0.25) is 0 Å². The molecule has 0 spiro atoms. The summed E-state index contributed by atoms with van der Waals surface area (Å²) in [6.45, 7) is 7.50. The summed E-state index contributed by atoms with van der Waals surface area (Å²) in [5, 5.41) is 2.88. The average molecular weight is 417 g/mol. The van der Waals surface area contributed by atoms with Gasteiger partial charge >= 0.3 is 0 Å². The van der Waals surface area contributed by atoms with Gasteiger partial charge in [0.25, 0.3) is 5.91 Å². The second-order valence-electron chi connectivity index (χ2n) is 7.43. The Kier molecular flexibility index (Phi) is 6.72. The minimum Gasteiger partial charge on any atom is -0.379 e. The molecule has 156 valence electrons. The molecule has 6 nitrogen and oxygen atoms in total. The summed E-state index contributed by atoms with van der Waals surface area (Å²) in [6.07, 6.45) is 0.567. The van der Waals surface area contributed by atoms with Crippen molar-refractivity contribution >= 4 is 21.6 Å². The van der Waals surface area contributed by atoms with Gasteiger partial charge in [-0.25, -0.2) is 8.42 Å². The smallest absolute Gasteiger partial charge is 0.255 e. The average Bonchev–Trinajstić information content (AvgIpc) is 2.74. The molecule has 1 saturated heterocycles. The summed E-state index contributed by atoms with van der Waals surface area (Å²) in [7, 11) is -3.68. The molecule has 0 radical (unpaired) electrons. The van der Waals surface area contributed by atoms with Crippen molar-refractivity contribution in [1.29, 1.82) is 0 Å². The van der Waals surface area contributed by atoms with E-state index in [9.17, 15) is 13.2 Å². The minimum absolute atomic E-state index is 0.200. The number of morpholine rings is 1. The fourth-order valence-corrected chi connectivity index (χ4v) is 5.06. The summed E-state index contributed by atoms with van der Waals surface area (Å²) < 4.78 is 33.0. The maximum absolute atomic E-state index is 13.2.